The molecule has 0 aromatic heterocycles. The molecule has 4 N–H and O–H groups in total. The van der Waals surface area contributed by atoms with E-state index in [1.807, 2.05) is 0 Å². The molecule has 10 heavy (non-hydrogen) atoms. The fourth-order valence-electron chi connectivity index (χ4n) is 0.723. The SMILES string of the molecule is CC(O)CC(C)(C)O.OO. The Morgan fingerprint density at radius 1 is 1.30 bits per heavy atom. The zero-order valence-electron chi connectivity index (χ0n) is 6.57. The minimum Gasteiger partial charge on any atom is -0.393 e. The van der Waals surface area contributed by atoms with Crippen LogP contribution in [0.5, 0.6) is 0 Å². The van der Waals surface area contributed by atoms with Gasteiger partial charge < -0.3 is 10.2 Å². The Labute approximate surface area is 60.7 Å². The molecule has 0 spiro atoms. The average molecular weight is 152 g/mol. The molecule has 0 aromatic rings. The van der Waals surface area contributed by atoms with E-state index in [9.17, 15) is 0 Å². The summed E-state index contributed by atoms with van der Waals surface area (Å²) in [6.45, 7) is 5.03. The maximum Gasteiger partial charge on any atom is 0.0616 e. The summed E-state index contributed by atoms with van der Waals surface area (Å²) in [5, 5.41) is 29.8. The summed E-state index contributed by atoms with van der Waals surface area (Å²) >= 11 is 0. The molecule has 0 aliphatic rings. The zero-order chi connectivity index (χ0) is 8.78. The van der Waals surface area contributed by atoms with Crippen molar-refractivity contribution in [2.24, 2.45) is 0 Å². The normalized spacial score (nSPS) is 13.5. The van der Waals surface area contributed by atoms with Gasteiger partial charge in [0.1, 0.15) is 0 Å². The first kappa shape index (κ1) is 12.5. The molecule has 64 valence electrons. The van der Waals surface area contributed by atoms with Crippen LogP contribution >= 0.6 is 0 Å². The van der Waals surface area contributed by atoms with Crippen molar-refractivity contribution in [1.82, 2.24) is 0 Å². The van der Waals surface area contributed by atoms with Gasteiger partial charge in [0.15, 0.2) is 0 Å². The fourth-order valence-corrected chi connectivity index (χ4v) is 0.723. The first-order valence-electron chi connectivity index (χ1n) is 3.02. The van der Waals surface area contributed by atoms with Crippen molar-refractivity contribution in [3.8, 4) is 0 Å². The summed E-state index contributed by atoms with van der Waals surface area (Å²) in [5.74, 6) is 0. The van der Waals surface area contributed by atoms with E-state index >= 15 is 0 Å². The van der Waals surface area contributed by atoms with Gasteiger partial charge in [0.25, 0.3) is 0 Å². The molecule has 4 nitrogen and oxygen atoms in total. The minimum atomic E-state index is -0.728. The summed E-state index contributed by atoms with van der Waals surface area (Å²) in [4.78, 5) is 0. The van der Waals surface area contributed by atoms with Crippen molar-refractivity contribution in [3.05, 3.63) is 0 Å². The van der Waals surface area contributed by atoms with Gasteiger partial charge in [-0.05, 0) is 20.8 Å². The highest BCUT2D eigenvalue weighted by Gasteiger charge is 2.14. The number of hydrogen-bond donors (Lipinski definition) is 4. The minimum absolute atomic E-state index is 0.407. The van der Waals surface area contributed by atoms with Crippen molar-refractivity contribution in [2.45, 2.75) is 38.9 Å². The third kappa shape index (κ3) is 15.7. The molecule has 0 aliphatic carbocycles. The van der Waals surface area contributed by atoms with Crippen LogP contribution in [0.3, 0.4) is 0 Å². The van der Waals surface area contributed by atoms with Gasteiger partial charge in [0.05, 0.1) is 11.7 Å². The van der Waals surface area contributed by atoms with E-state index in [2.05, 4.69) is 0 Å². The Bertz CT molecular complexity index is 64.6. The quantitative estimate of drug-likeness (QED) is 0.344. The van der Waals surface area contributed by atoms with E-state index < -0.39 is 11.7 Å². The van der Waals surface area contributed by atoms with Crippen LogP contribution in [0.2, 0.25) is 0 Å². The molecule has 0 saturated carbocycles. The molecule has 1 unspecified atom stereocenters. The van der Waals surface area contributed by atoms with Gasteiger partial charge in [-0.25, -0.2) is 0 Å². The summed E-state index contributed by atoms with van der Waals surface area (Å²) < 4.78 is 0. The lowest BCUT2D eigenvalue weighted by molar-refractivity contribution is -0.176. The summed E-state index contributed by atoms with van der Waals surface area (Å²) in [5.41, 5.74) is -0.728. The lowest BCUT2D eigenvalue weighted by Gasteiger charge is -2.17. The summed E-state index contributed by atoms with van der Waals surface area (Å²) in [7, 11) is 0. The van der Waals surface area contributed by atoms with Crippen molar-refractivity contribution in [2.75, 3.05) is 0 Å². The van der Waals surface area contributed by atoms with E-state index in [1.165, 1.54) is 0 Å². The molecule has 0 rings (SSSR count). The fraction of sp³-hybridized carbons (Fsp3) is 1.00. The van der Waals surface area contributed by atoms with Crippen LogP contribution in [0.4, 0.5) is 0 Å². The van der Waals surface area contributed by atoms with Crippen molar-refractivity contribution >= 4 is 0 Å². The molecule has 0 aromatic carbocycles. The molecular weight excluding hydrogens is 136 g/mol. The highest BCUT2D eigenvalue weighted by atomic mass is 17.0. The molecule has 0 fully saturated rings. The van der Waals surface area contributed by atoms with Crippen molar-refractivity contribution in [1.29, 1.82) is 0 Å². The van der Waals surface area contributed by atoms with E-state index in [0.717, 1.165) is 0 Å². The van der Waals surface area contributed by atoms with Gasteiger partial charge in [-0.15, -0.1) is 0 Å². The van der Waals surface area contributed by atoms with E-state index in [1.54, 1.807) is 20.8 Å². The number of hydrogen-bond acceptors (Lipinski definition) is 4. The van der Waals surface area contributed by atoms with Crippen LogP contribution in [0.1, 0.15) is 27.2 Å². The van der Waals surface area contributed by atoms with Crippen LogP contribution < -0.4 is 0 Å². The molecule has 0 aliphatic heterocycles. The number of rotatable bonds is 2. The van der Waals surface area contributed by atoms with Gasteiger partial charge >= 0.3 is 0 Å². The van der Waals surface area contributed by atoms with Gasteiger partial charge in [-0.2, -0.15) is 0 Å². The molecule has 0 amide bonds. The summed E-state index contributed by atoms with van der Waals surface area (Å²) in [6.07, 6.45) is 0.0301. The zero-order valence-corrected chi connectivity index (χ0v) is 6.57. The predicted octanol–water partition coefficient (Wildman–Crippen LogP) is 0.546. The molecule has 0 bridgehead atoms. The third-order valence-corrected chi connectivity index (χ3v) is 0.795. The largest absolute Gasteiger partial charge is 0.393 e. The van der Waals surface area contributed by atoms with E-state index in [-0.39, 0.29) is 0 Å². The maximum atomic E-state index is 9.03. The Kier molecular flexibility index (Phi) is 7.02. The average Bonchev–Trinajstić information content (AvgIpc) is 1.64. The Morgan fingerprint density at radius 3 is 1.60 bits per heavy atom. The Balaban J connectivity index is 0. The maximum absolute atomic E-state index is 9.03. The molecule has 0 radical (unpaired) electrons. The molecular formula is C6H16O4. The van der Waals surface area contributed by atoms with Crippen LogP contribution in [0, 0.1) is 0 Å². The van der Waals surface area contributed by atoms with Gasteiger partial charge in [0.2, 0.25) is 0 Å². The van der Waals surface area contributed by atoms with Crippen LogP contribution in [-0.4, -0.2) is 32.4 Å². The van der Waals surface area contributed by atoms with Crippen LogP contribution in [0.25, 0.3) is 0 Å². The first-order chi connectivity index (χ1) is 4.42. The molecule has 0 heterocycles. The smallest absolute Gasteiger partial charge is 0.0616 e. The topological polar surface area (TPSA) is 80.9 Å². The van der Waals surface area contributed by atoms with E-state index in [4.69, 9.17) is 20.7 Å². The molecule has 4 heteroatoms. The van der Waals surface area contributed by atoms with Crippen LogP contribution in [0.15, 0.2) is 0 Å². The lowest BCUT2D eigenvalue weighted by atomic mass is 10.0. The van der Waals surface area contributed by atoms with Gasteiger partial charge in [0, 0.05) is 6.42 Å². The second-order valence-corrected chi connectivity index (χ2v) is 2.87. The number of aliphatic hydroxyl groups excluding tert-OH is 1. The van der Waals surface area contributed by atoms with Gasteiger partial charge in [-0.1, -0.05) is 0 Å². The highest BCUT2D eigenvalue weighted by Crippen LogP contribution is 2.09. The van der Waals surface area contributed by atoms with Crippen molar-refractivity contribution in [3.63, 3.8) is 0 Å². The Hall–Kier alpha value is -0.160. The van der Waals surface area contributed by atoms with Crippen LogP contribution in [-0.2, 0) is 0 Å². The second kappa shape index (κ2) is 5.61. The lowest BCUT2D eigenvalue weighted by Crippen LogP contribution is -2.24. The summed E-state index contributed by atoms with van der Waals surface area (Å²) in [6, 6.07) is 0. The number of aliphatic hydroxyl groups is 2. The predicted molar refractivity (Wildman–Crippen MR) is 37.9 cm³/mol. The third-order valence-electron chi connectivity index (χ3n) is 0.795. The first-order valence-corrected chi connectivity index (χ1v) is 3.02. The highest BCUT2D eigenvalue weighted by molar-refractivity contribution is 4.67. The van der Waals surface area contributed by atoms with Gasteiger partial charge in [-0.3, -0.25) is 10.5 Å². The molecule has 0 saturated heterocycles. The standard InChI is InChI=1S/C6H14O2.H2O2/c1-5(7)4-6(2,3)8;1-2/h5,7-8H,4H2,1-3H3;1-2H. The second-order valence-electron chi connectivity index (χ2n) is 2.87. The van der Waals surface area contributed by atoms with Crippen molar-refractivity contribution < 1.29 is 20.7 Å². The Morgan fingerprint density at radius 2 is 1.60 bits per heavy atom. The monoisotopic (exact) mass is 152 g/mol. The molecule has 1 atom stereocenters. The van der Waals surface area contributed by atoms with E-state index in [0.29, 0.717) is 6.42 Å².